The first-order valence-electron chi connectivity index (χ1n) is 12.8. The lowest BCUT2D eigenvalue weighted by molar-refractivity contribution is -0.765. The van der Waals surface area contributed by atoms with Crippen LogP contribution in [-0.2, 0) is 11.0 Å². The smallest absolute Gasteiger partial charge is 0.192 e. The number of nitrogens with zero attached hydrogens (tertiary/aromatic N) is 1. The molecule has 0 amide bonds. The summed E-state index contributed by atoms with van der Waals surface area (Å²) in [5.74, 6) is 1.56. The van der Waals surface area contributed by atoms with Crippen molar-refractivity contribution in [1.82, 2.24) is 0 Å². The van der Waals surface area contributed by atoms with Crippen LogP contribution in [0.1, 0.15) is 94.7 Å². The van der Waals surface area contributed by atoms with Crippen LogP contribution in [0.15, 0.2) is 60.8 Å². The molecule has 4 aliphatic rings. The van der Waals surface area contributed by atoms with Gasteiger partial charge in [0.2, 0.25) is 5.69 Å². The fourth-order valence-corrected chi connectivity index (χ4v) is 7.33. The molecule has 1 aromatic heterocycles. The topological polar surface area (TPSA) is 3.88 Å². The molecule has 2 atom stereocenters. The Hall–Kier alpha value is -2.41. The zero-order valence-corrected chi connectivity index (χ0v) is 20.1. The molecule has 0 spiro atoms. The fraction of sp³-hybridized carbons (Fsp3) is 0.452. The van der Waals surface area contributed by atoms with Crippen LogP contribution in [-0.4, -0.2) is 0 Å². The molecule has 7 rings (SSSR count). The van der Waals surface area contributed by atoms with E-state index >= 15 is 0 Å². The van der Waals surface area contributed by atoms with Gasteiger partial charge in [-0.3, -0.25) is 0 Å². The highest BCUT2D eigenvalue weighted by atomic mass is 15.1. The molecule has 1 fully saturated rings. The van der Waals surface area contributed by atoms with Crippen LogP contribution >= 0.6 is 0 Å². The summed E-state index contributed by atoms with van der Waals surface area (Å²) in [5.41, 5.74) is 10.6. The summed E-state index contributed by atoms with van der Waals surface area (Å²) in [7, 11) is 0. The summed E-state index contributed by atoms with van der Waals surface area (Å²) in [6.45, 7) is 9.82. The molecule has 164 valence electrons. The second-order valence-electron chi connectivity index (χ2n) is 10.9. The molecule has 0 saturated heterocycles. The van der Waals surface area contributed by atoms with Crippen molar-refractivity contribution < 1.29 is 4.57 Å². The molecule has 2 aromatic carbocycles. The Morgan fingerprint density at radius 3 is 2.12 bits per heavy atom. The molecule has 1 heteroatoms. The van der Waals surface area contributed by atoms with Crippen molar-refractivity contribution in [3.63, 3.8) is 0 Å². The number of aromatic nitrogens is 1. The van der Waals surface area contributed by atoms with Crippen molar-refractivity contribution in [1.29, 1.82) is 0 Å². The SMILES string of the molecule is CCC1(C)c2cc(-c3ccccc3)ccc2-c2cc3c(c[n+]2C1(C)CC)C1CCC3CC1. The molecule has 3 aliphatic carbocycles. The van der Waals surface area contributed by atoms with E-state index in [1.165, 1.54) is 53.6 Å². The summed E-state index contributed by atoms with van der Waals surface area (Å²) in [6, 6.07) is 20.8. The average Bonchev–Trinajstić information content (AvgIpc) is 2.87. The van der Waals surface area contributed by atoms with Gasteiger partial charge in [-0.2, -0.15) is 4.57 Å². The molecule has 2 unspecified atom stereocenters. The maximum Gasteiger partial charge on any atom is 0.213 e. The third-order valence-electron chi connectivity index (χ3n) is 9.87. The lowest BCUT2D eigenvalue weighted by atomic mass is 9.59. The highest BCUT2D eigenvalue weighted by molar-refractivity contribution is 5.74. The Morgan fingerprint density at radius 2 is 1.47 bits per heavy atom. The van der Waals surface area contributed by atoms with Gasteiger partial charge in [-0.05, 0) is 85.3 Å². The fourth-order valence-electron chi connectivity index (χ4n) is 7.33. The van der Waals surface area contributed by atoms with E-state index in [1.54, 1.807) is 11.1 Å². The lowest BCUT2D eigenvalue weighted by Gasteiger charge is -2.47. The highest BCUT2D eigenvalue weighted by Gasteiger charge is 2.57. The van der Waals surface area contributed by atoms with Crippen LogP contribution in [0.2, 0.25) is 0 Å². The van der Waals surface area contributed by atoms with E-state index in [9.17, 15) is 0 Å². The number of pyridine rings is 1. The van der Waals surface area contributed by atoms with Crippen molar-refractivity contribution in [3.05, 3.63) is 77.5 Å². The number of benzene rings is 2. The lowest BCUT2D eigenvalue weighted by Crippen LogP contribution is -2.67. The second-order valence-corrected chi connectivity index (χ2v) is 10.9. The maximum absolute atomic E-state index is 2.71. The monoisotopic (exact) mass is 422 g/mol. The standard InChI is InChI=1S/C31H36N/c1-5-30(3)28-18-24(21-10-8-7-9-11-21)16-17-25(28)29-19-26-22-12-14-23(15-13-22)27(26)20-32(29)31(30,4)6-2/h7-11,16-20,22-23H,5-6,12-15H2,1-4H3/q+1. The highest BCUT2D eigenvalue weighted by Crippen LogP contribution is 2.54. The molecule has 2 bridgehead atoms. The Kier molecular flexibility index (Phi) is 4.45. The van der Waals surface area contributed by atoms with E-state index in [4.69, 9.17) is 0 Å². The minimum Gasteiger partial charge on any atom is -0.192 e. The average molecular weight is 423 g/mol. The predicted octanol–water partition coefficient (Wildman–Crippen LogP) is 7.87. The predicted molar refractivity (Wildman–Crippen MR) is 133 cm³/mol. The molecule has 3 aromatic rings. The summed E-state index contributed by atoms with van der Waals surface area (Å²) < 4.78 is 2.71. The summed E-state index contributed by atoms with van der Waals surface area (Å²) in [5, 5.41) is 0. The van der Waals surface area contributed by atoms with E-state index in [2.05, 4.69) is 93.1 Å². The van der Waals surface area contributed by atoms with Crippen molar-refractivity contribution in [2.45, 2.75) is 89.0 Å². The van der Waals surface area contributed by atoms with Crippen LogP contribution < -0.4 is 4.57 Å². The first-order chi connectivity index (χ1) is 15.5. The van der Waals surface area contributed by atoms with Crippen LogP contribution in [0.5, 0.6) is 0 Å². The normalized spacial score (nSPS) is 29.9. The van der Waals surface area contributed by atoms with Crippen molar-refractivity contribution in [2.24, 2.45) is 0 Å². The van der Waals surface area contributed by atoms with Gasteiger partial charge in [0.25, 0.3) is 0 Å². The van der Waals surface area contributed by atoms with Gasteiger partial charge in [-0.15, -0.1) is 0 Å². The maximum atomic E-state index is 2.71. The van der Waals surface area contributed by atoms with E-state index in [1.807, 2.05) is 0 Å². The summed E-state index contributed by atoms with van der Waals surface area (Å²) in [4.78, 5) is 0. The van der Waals surface area contributed by atoms with Crippen LogP contribution in [0, 0.1) is 0 Å². The van der Waals surface area contributed by atoms with Gasteiger partial charge in [-0.25, -0.2) is 0 Å². The number of hydrogen-bond donors (Lipinski definition) is 0. The Labute approximate surface area is 193 Å². The van der Waals surface area contributed by atoms with Crippen LogP contribution in [0.4, 0.5) is 0 Å². The number of fused-ring (bicyclic) bond motifs is 5. The largest absolute Gasteiger partial charge is 0.213 e. The zero-order chi connectivity index (χ0) is 22.1. The van der Waals surface area contributed by atoms with Gasteiger partial charge in [0.05, 0.1) is 11.0 Å². The van der Waals surface area contributed by atoms with Gasteiger partial charge in [-0.1, -0.05) is 50.2 Å². The van der Waals surface area contributed by atoms with Gasteiger partial charge in [0.1, 0.15) is 0 Å². The quantitative estimate of drug-likeness (QED) is 0.378. The Morgan fingerprint density at radius 1 is 0.781 bits per heavy atom. The summed E-state index contributed by atoms with van der Waals surface area (Å²) in [6.07, 6.45) is 10.4. The third kappa shape index (κ3) is 2.54. The molecular weight excluding hydrogens is 386 g/mol. The van der Waals surface area contributed by atoms with Gasteiger partial charge in [0, 0.05) is 25.0 Å². The van der Waals surface area contributed by atoms with Crippen molar-refractivity contribution in [2.75, 3.05) is 0 Å². The molecule has 0 radical (unpaired) electrons. The van der Waals surface area contributed by atoms with E-state index in [0.29, 0.717) is 0 Å². The van der Waals surface area contributed by atoms with Crippen LogP contribution in [0.25, 0.3) is 22.4 Å². The van der Waals surface area contributed by atoms with E-state index in [-0.39, 0.29) is 11.0 Å². The Balaban J connectivity index is 1.64. The molecule has 1 saturated carbocycles. The molecule has 32 heavy (non-hydrogen) atoms. The number of rotatable bonds is 3. The molecule has 0 N–H and O–H groups in total. The van der Waals surface area contributed by atoms with E-state index < -0.39 is 0 Å². The minimum atomic E-state index is 0.0606. The minimum absolute atomic E-state index is 0.0606. The van der Waals surface area contributed by atoms with Gasteiger partial charge in [0.15, 0.2) is 11.7 Å². The molecule has 2 heterocycles. The van der Waals surface area contributed by atoms with Crippen LogP contribution in [0.3, 0.4) is 0 Å². The van der Waals surface area contributed by atoms with Gasteiger partial charge >= 0.3 is 0 Å². The zero-order valence-electron chi connectivity index (χ0n) is 20.1. The second kappa shape index (κ2) is 7.04. The van der Waals surface area contributed by atoms with Crippen molar-refractivity contribution in [3.8, 4) is 22.4 Å². The van der Waals surface area contributed by atoms with Crippen molar-refractivity contribution >= 4 is 0 Å². The molecule has 1 aliphatic heterocycles. The third-order valence-corrected chi connectivity index (χ3v) is 9.87. The number of hydrogen-bond acceptors (Lipinski definition) is 0. The first kappa shape index (κ1) is 20.2. The van der Waals surface area contributed by atoms with E-state index in [0.717, 1.165) is 24.7 Å². The van der Waals surface area contributed by atoms with Gasteiger partial charge < -0.3 is 0 Å². The first-order valence-corrected chi connectivity index (χ1v) is 12.8. The Bertz CT molecular complexity index is 1180. The molecule has 1 nitrogen and oxygen atoms in total. The summed E-state index contributed by atoms with van der Waals surface area (Å²) >= 11 is 0. The molecular formula is C31H36N+.